The van der Waals surface area contributed by atoms with Crippen molar-refractivity contribution in [3.63, 3.8) is 0 Å². The molecule has 2 rings (SSSR count). The maximum atomic E-state index is 11.8. The van der Waals surface area contributed by atoms with Crippen LogP contribution in [0, 0.1) is 13.8 Å². The first kappa shape index (κ1) is 15.0. The summed E-state index contributed by atoms with van der Waals surface area (Å²) in [5, 5.41) is 12.4. The van der Waals surface area contributed by atoms with Crippen molar-refractivity contribution in [1.29, 1.82) is 0 Å². The number of thiazole rings is 1. The van der Waals surface area contributed by atoms with Crippen molar-refractivity contribution in [3.8, 4) is 0 Å². The van der Waals surface area contributed by atoms with Gasteiger partial charge in [-0.15, -0.1) is 11.3 Å². The van der Waals surface area contributed by atoms with Gasteiger partial charge in [-0.1, -0.05) is 0 Å². The third kappa shape index (κ3) is 3.82. The highest BCUT2D eigenvalue weighted by molar-refractivity contribution is 7.11. The Hall–Kier alpha value is -2.35. The number of nitrogens with zero attached hydrogens (tertiary/aromatic N) is 3. The summed E-state index contributed by atoms with van der Waals surface area (Å²) in [5.74, 6) is -1.55. The molecule has 0 unspecified atom stereocenters. The molecule has 2 aromatic heterocycles. The molecular formula is C13H14N4O3S. The Kier molecular flexibility index (Phi) is 4.59. The van der Waals surface area contributed by atoms with Crippen molar-refractivity contribution < 1.29 is 14.7 Å². The molecule has 0 bridgehead atoms. The van der Waals surface area contributed by atoms with Gasteiger partial charge in [0.1, 0.15) is 5.69 Å². The third-order valence-corrected chi connectivity index (χ3v) is 3.87. The quantitative estimate of drug-likeness (QED) is 0.860. The van der Waals surface area contributed by atoms with Gasteiger partial charge < -0.3 is 10.4 Å². The average molecular weight is 306 g/mol. The van der Waals surface area contributed by atoms with E-state index in [-0.39, 0.29) is 17.3 Å². The van der Waals surface area contributed by atoms with Gasteiger partial charge in [0.2, 0.25) is 0 Å². The predicted molar refractivity (Wildman–Crippen MR) is 76.6 cm³/mol. The lowest BCUT2D eigenvalue weighted by Gasteiger charge is -2.04. The van der Waals surface area contributed by atoms with Crippen molar-refractivity contribution in [2.75, 3.05) is 6.54 Å². The fraction of sp³-hybridized carbons (Fsp3) is 0.308. The second kappa shape index (κ2) is 6.40. The SMILES string of the molecule is Cc1nc(C)c(CCNC(=O)c2cnc(C(=O)O)cn2)s1. The van der Waals surface area contributed by atoms with Gasteiger partial charge in [-0.2, -0.15) is 0 Å². The van der Waals surface area contributed by atoms with Crippen LogP contribution in [-0.2, 0) is 6.42 Å². The molecule has 0 fully saturated rings. The highest BCUT2D eigenvalue weighted by Crippen LogP contribution is 2.17. The standard InChI is InChI=1S/C13H14N4O3S/c1-7-11(21-8(2)17-7)3-4-14-12(18)9-5-16-10(6-15-9)13(19)20/h5-6H,3-4H2,1-2H3,(H,14,18)(H,19,20). The van der Waals surface area contributed by atoms with Crippen molar-refractivity contribution in [2.24, 2.45) is 0 Å². The van der Waals surface area contributed by atoms with Crippen molar-refractivity contribution >= 4 is 23.2 Å². The van der Waals surface area contributed by atoms with Crippen LogP contribution in [0.5, 0.6) is 0 Å². The van der Waals surface area contributed by atoms with Gasteiger partial charge in [-0.3, -0.25) is 4.79 Å². The number of carbonyl (C=O) groups is 2. The summed E-state index contributed by atoms with van der Waals surface area (Å²) in [6, 6.07) is 0. The first-order valence-corrected chi connectivity index (χ1v) is 7.05. The Bertz CT molecular complexity index is 667. The normalized spacial score (nSPS) is 10.4. The highest BCUT2D eigenvalue weighted by Gasteiger charge is 2.11. The lowest BCUT2D eigenvalue weighted by Crippen LogP contribution is -2.26. The van der Waals surface area contributed by atoms with Crippen molar-refractivity contribution in [2.45, 2.75) is 20.3 Å². The summed E-state index contributed by atoms with van der Waals surface area (Å²) in [6.07, 6.45) is 2.92. The maximum Gasteiger partial charge on any atom is 0.356 e. The van der Waals surface area contributed by atoms with E-state index in [1.807, 2.05) is 13.8 Å². The number of aryl methyl sites for hydroxylation is 2. The summed E-state index contributed by atoms with van der Waals surface area (Å²) in [7, 11) is 0. The van der Waals surface area contributed by atoms with E-state index in [2.05, 4.69) is 20.3 Å². The summed E-state index contributed by atoms with van der Waals surface area (Å²) in [4.78, 5) is 35.4. The van der Waals surface area contributed by atoms with Gasteiger partial charge in [0.25, 0.3) is 5.91 Å². The number of carboxylic acid groups (broad SMARTS) is 1. The first-order valence-electron chi connectivity index (χ1n) is 6.24. The van der Waals surface area contributed by atoms with Crippen molar-refractivity contribution in [1.82, 2.24) is 20.3 Å². The molecule has 110 valence electrons. The molecule has 21 heavy (non-hydrogen) atoms. The molecule has 0 aliphatic carbocycles. The minimum atomic E-state index is -1.18. The number of amides is 1. The zero-order chi connectivity index (χ0) is 15.4. The number of hydrogen-bond donors (Lipinski definition) is 2. The Labute approximate surface area is 125 Å². The lowest BCUT2D eigenvalue weighted by molar-refractivity contribution is 0.0689. The Balaban J connectivity index is 1.89. The van der Waals surface area contributed by atoms with Gasteiger partial charge >= 0.3 is 5.97 Å². The molecule has 0 aromatic carbocycles. The minimum absolute atomic E-state index is 0.0946. The molecular weight excluding hydrogens is 292 g/mol. The Morgan fingerprint density at radius 2 is 1.90 bits per heavy atom. The van der Waals surface area contributed by atoms with Crippen LogP contribution in [0.4, 0.5) is 0 Å². The van der Waals surface area contributed by atoms with Crippen LogP contribution in [0.3, 0.4) is 0 Å². The Morgan fingerprint density at radius 1 is 1.24 bits per heavy atom. The van der Waals surface area contributed by atoms with E-state index >= 15 is 0 Å². The molecule has 0 aliphatic rings. The van der Waals surface area contributed by atoms with Crippen molar-refractivity contribution in [3.05, 3.63) is 39.4 Å². The fourth-order valence-corrected chi connectivity index (χ4v) is 2.68. The van der Waals surface area contributed by atoms with Gasteiger partial charge in [0, 0.05) is 17.8 Å². The molecule has 7 nitrogen and oxygen atoms in total. The molecule has 0 spiro atoms. The van der Waals surface area contributed by atoms with Crippen LogP contribution in [0.2, 0.25) is 0 Å². The largest absolute Gasteiger partial charge is 0.476 e. The molecule has 8 heteroatoms. The van der Waals surface area contributed by atoms with Crippen LogP contribution in [0.15, 0.2) is 12.4 Å². The summed E-state index contributed by atoms with van der Waals surface area (Å²) >= 11 is 1.61. The van der Waals surface area contributed by atoms with Crippen LogP contribution >= 0.6 is 11.3 Å². The van der Waals surface area contributed by atoms with Gasteiger partial charge in [0.05, 0.1) is 23.1 Å². The van der Waals surface area contributed by atoms with E-state index in [0.717, 1.165) is 28.0 Å². The smallest absolute Gasteiger partial charge is 0.356 e. The number of carboxylic acids is 1. The molecule has 0 saturated carbocycles. The molecule has 2 N–H and O–H groups in total. The molecule has 1 amide bonds. The fourth-order valence-electron chi connectivity index (χ4n) is 1.74. The first-order chi connectivity index (χ1) is 9.97. The molecule has 0 aliphatic heterocycles. The molecule has 2 heterocycles. The van der Waals surface area contributed by atoms with E-state index < -0.39 is 5.97 Å². The van der Waals surface area contributed by atoms with E-state index in [4.69, 9.17) is 5.11 Å². The minimum Gasteiger partial charge on any atom is -0.476 e. The van der Waals surface area contributed by atoms with E-state index in [1.54, 1.807) is 11.3 Å². The maximum absolute atomic E-state index is 11.8. The van der Waals surface area contributed by atoms with Gasteiger partial charge in [0.15, 0.2) is 5.69 Å². The summed E-state index contributed by atoms with van der Waals surface area (Å²) in [6.45, 7) is 4.35. The highest BCUT2D eigenvalue weighted by atomic mass is 32.1. The zero-order valence-electron chi connectivity index (χ0n) is 11.6. The number of aromatic nitrogens is 3. The number of hydrogen-bond acceptors (Lipinski definition) is 6. The second-order valence-corrected chi connectivity index (χ2v) is 5.63. The monoisotopic (exact) mass is 306 g/mol. The molecule has 2 aromatic rings. The topological polar surface area (TPSA) is 105 Å². The predicted octanol–water partition coefficient (Wildman–Crippen LogP) is 1.22. The molecule has 0 radical (unpaired) electrons. The van der Waals surface area contributed by atoms with Crippen LogP contribution in [0.25, 0.3) is 0 Å². The van der Waals surface area contributed by atoms with Crippen LogP contribution in [-0.4, -0.2) is 38.5 Å². The Morgan fingerprint density at radius 3 is 2.43 bits per heavy atom. The zero-order valence-corrected chi connectivity index (χ0v) is 12.4. The molecule has 0 atom stereocenters. The number of nitrogens with one attached hydrogen (secondary N) is 1. The van der Waals surface area contributed by atoms with Gasteiger partial charge in [-0.05, 0) is 13.8 Å². The number of aromatic carboxylic acids is 1. The lowest BCUT2D eigenvalue weighted by atomic mass is 10.3. The van der Waals surface area contributed by atoms with Gasteiger partial charge in [-0.25, -0.2) is 19.7 Å². The van der Waals surface area contributed by atoms with E-state index in [0.29, 0.717) is 13.0 Å². The van der Waals surface area contributed by atoms with E-state index in [9.17, 15) is 9.59 Å². The van der Waals surface area contributed by atoms with Crippen LogP contribution in [0.1, 0.15) is 36.6 Å². The van der Waals surface area contributed by atoms with E-state index in [1.165, 1.54) is 0 Å². The second-order valence-electron chi connectivity index (χ2n) is 4.34. The average Bonchev–Trinajstić information content (AvgIpc) is 2.77. The number of rotatable bonds is 5. The molecule has 0 saturated heterocycles. The summed E-state index contributed by atoms with van der Waals surface area (Å²) < 4.78 is 0. The number of carbonyl (C=O) groups excluding carboxylic acids is 1. The van der Waals surface area contributed by atoms with Crippen LogP contribution < -0.4 is 5.32 Å². The third-order valence-electron chi connectivity index (χ3n) is 2.74. The summed E-state index contributed by atoms with van der Waals surface area (Å²) in [5.41, 5.74) is 0.886.